The van der Waals surface area contributed by atoms with E-state index in [0.717, 1.165) is 24.0 Å². The first-order valence-corrected chi connectivity index (χ1v) is 13.0. The van der Waals surface area contributed by atoms with E-state index in [4.69, 9.17) is 0 Å². The number of rotatable bonds is 7. The molecule has 2 aromatic carbocycles. The summed E-state index contributed by atoms with van der Waals surface area (Å²) >= 11 is 0. The van der Waals surface area contributed by atoms with Crippen molar-refractivity contribution in [1.29, 1.82) is 0 Å². The molecule has 1 atom stereocenters. The highest BCUT2D eigenvalue weighted by Crippen LogP contribution is 2.51. The number of aryl methyl sites for hydroxylation is 3. The SMILES string of the molecule is CCC(CC)(Pc1c(C)cccc1CP(C)C)c1cc(C)cc(C)c1O. The van der Waals surface area contributed by atoms with Gasteiger partial charge in [-0.1, -0.05) is 58.3 Å². The summed E-state index contributed by atoms with van der Waals surface area (Å²) in [4.78, 5) is 0. The van der Waals surface area contributed by atoms with E-state index in [0.29, 0.717) is 14.3 Å². The second-order valence-corrected chi connectivity index (χ2v) is 11.9. The normalized spacial score (nSPS) is 12.5. The van der Waals surface area contributed by atoms with E-state index < -0.39 is 0 Å². The lowest BCUT2D eigenvalue weighted by Crippen LogP contribution is -2.24. The van der Waals surface area contributed by atoms with E-state index in [9.17, 15) is 5.11 Å². The van der Waals surface area contributed by atoms with Gasteiger partial charge < -0.3 is 5.11 Å². The maximum absolute atomic E-state index is 10.9. The fourth-order valence-electron chi connectivity index (χ4n) is 3.82. The predicted molar refractivity (Wildman–Crippen MR) is 121 cm³/mol. The molecule has 1 N–H and O–H groups in total. The molecule has 2 rings (SSSR count). The lowest BCUT2D eigenvalue weighted by atomic mass is 9.89. The minimum absolute atomic E-state index is 0.00592. The molecule has 26 heavy (non-hydrogen) atoms. The van der Waals surface area contributed by atoms with Gasteiger partial charge in [-0.05, 0) is 75.1 Å². The Bertz CT molecular complexity index is 761. The van der Waals surface area contributed by atoms with Crippen LogP contribution in [0.15, 0.2) is 30.3 Å². The number of phenols is 1. The van der Waals surface area contributed by atoms with Crippen molar-refractivity contribution in [2.45, 2.75) is 58.8 Å². The van der Waals surface area contributed by atoms with Crippen LogP contribution in [0.3, 0.4) is 0 Å². The second kappa shape index (κ2) is 8.86. The topological polar surface area (TPSA) is 20.2 Å². The Morgan fingerprint density at radius 1 is 1.00 bits per heavy atom. The fourth-order valence-corrected chi connectivity index (χ4v) is 6.68. The van der Waals surface area contributed by atoms with Crippen molar-refractivity contribution in [3.8, 4) is 5.75 Å². The largest absolute Gasteiger partial charge is 0.507 e. The second-order valence-electron chi connectivity index (χ2n) is 7.74. The van der Waals surface area contributed by atoms with E-state index in [-0.39, 0.29) is 13.1 Å². The highest BCUT2D eigenvalue weighted by molar-refractivity contribution is 7.55. The molecular formula is C23H34OP2. The number of hydrogen-bond donors (Lipinski definition) is 1. The average molecular weight is 388 g/mol. The predicted octanol–water partition coefficient (Wildman–Crippen LogP) is 6.58. The molecule has 0 aliphatic heterocycles. The van der Waals surface area contributed by atoms with Crippen LogP contribution in [0.1, 0.15) is 54.5 Å². The summed E-state index contributed by atoms with van der Waals surface area (Å²) in [5.74, 6) is 0.496. The van der Waals surface area contributed by atoms with Crippen LogP contribution in [0, 0.1) is 20.8 Å². The quantitative estimate of drug-likeness (QED) is 0.531. The average Bonchev–Trinajstić information content (AvgIpc) is 2.58. The molecule has 0 saturated carbocycles. The molecule has 0 heterocycles. The molecule has 0 aliphatic carbocycles. The smallest absolute Gasteiger partial charge is 0.122 e. The summed E-state index contributed by atoms with van der Waals surface area (Å²) < 4.78 is 0. The summed E-state index contributed by atoms with van der Waals surface area (Å²) in [7, 11) is 0.709. The highest BCUT2D eigenvalue weighted by Gasteiger charge is 2.33. The molecular weight excluding hydrogens is 354 g/mol. The van der Waals surface area contributed by atoms with E-state index in [1.807, 2.05) is 6.92 Å². The third-order valence-corrected chi connectivity index (χ3v) is 8.77. The van der Waals surface area contributed by atoms with Gasteiger partial charge in [0.25, 0.3) is 0 Å². The van der Waals surface area contributed by atoms with Crippen molar-refractivity contribution in [3.05, 3.63) is 58.1 Å². The molecule has 2 aromatic rings. The number of phenolic OH excluding ortho intramolecular Hbond substituents is 1. The van der Waals surface area contributed by atoms with Crippen molar-refractivity contribution < 1.29 is 5.11 Å². The van der Waals surface area contributed by atoms with E-state index >= 15 is 0 Å². The zero-order valence-electron chi connectivity index (χ0n) is 17.4. The molecule has 142 valence electrons. The molecule has 1 unspecified atom stereocenters. The zero-order chi connectivity index (χ0) is 19.5. The van der Waals surface area contributed by atoms with Crippen LogP contribution in [0.4, 0.5) is 0 Å². The minimum atomic E-state index is 0.00592. The molecule has 0 aromatic heterocycles. The Kier molecular flexibility index (Phi) is 7.29. The Morgan fingerprint density at radius 3 is 2.23 bits per heavy atom. The standard InChI is InChI=1S/C23H34OP2/c1-8-23(9-2,20-14-16(3)13-18(5)21(20)24)25-22-17(4)11-10-12-19(22)15-26(6)7/h10-14,24-25H,8-9,15H2,1-7H3. The first kappa shape index (κ1) is 21.4. The van der Waals surface area contributed by atoms with Gasteiger partial charge in [-0.15, -0.1) is 7.92 Å². The lowest BCUT2D eigenvalue weighted by Gasteiger charge is -2.35. The summed E-state index contributed by atoms with van der Waals surface area (Å²) in [6, 6.07) is 11.1. The van der Waals surface area contributed by atoms with Gasteiger partial charge in [0.05, 0.1) is 0 Å². The molecule has 0 amide bonds. The lowest BCUT2D eigenvalue weighted by molar-refractivity contribution is 0.444. The highest BCUT2D eigenvalue weighted by atomic mass is 31.1. The Balaban J connectivity index is 2.60. The van der Waals surface area contributed by atoms with Gasteiger partial charge in [0, 0.05) is 10.7 Å². The van der Waals surface area contributed by atoms with Crippen LogP contribution in [-0.4, -0.2) is 18.4 Å². The maximum Gasteiger partial charge on any atom is 0.122 e. The van der Waals surface area contributed by atoms with E-state index in [2.05, 4.69) is 71.4 Å². The Labute approximate surface area is 163 Å². The molecule has 0 fully saturated rings. The van der Waals surface area contributed by atoms with Crippen LogP contribution < -0.4 is 5.30 Å². The van der Waals surface area contributed by atoms with Crippen LogP contribution in [0.2, 0.25) is 0 Å². The van der Waals surface area contributed by atoms with E-state index in [1.165, 1.54) is 28.2 Å². The Morgan fingerprint density at radius 2 is 1.65 bits per heavy atom. The summed E-state index contributed by atoms with van der Waals surface area (Å²) in [6.45, 7) is 15.7. The zero-order valence-corrected chi connectivity index (χ0v) is 19.3. The van der Waals surface area contributed by atoms with Crippen LogP contribution in [0.25, 0.3) is 0 Å². The number of aromatic hydroxyl groups is 1. The van der Waals surface area contributed by atoms with Crippen LogP contribution in [-0.2, 0) is 11.3 Å². The minimum Gasteiger partial charge on any atom is -0.507 e. The van der Waals surface area contributed by atoms with Crippen molar-refractivity contribution in [2.75, 3.05) is 13.3 Å². The number of benzene rings is 2. The molecule has 0 spiro atoms. The third-order valence-electron chi connectivity index (χ3n) is 5.38. The van der Waals surface area contributed by atoms with Crippen LogP contribution in [0.5, 0.6) is 5.75 Å². The molecule has 1 nitrogen and oxygen atoms in total. The van der Waals surface area contributed by atoms with Gasteiger partial charge in [0.15, 0.2) is 0 Å². The van der Waals surface area contributed by atoms with Gasteiger partial charge in [0.2, 0.25) is 0 Å². The fraction of sp³-hybridized carbons (Fsp3) is 0.478. The molecule has 3 heteroatoms. The Hall–Kier alpha value is -0.900. The van der Waals surface area contributed by atoms with Crippen molar-refractivity contribution in [1.82, 2.24) is 0 Å². The van der Waals surface area contributed by atoms with Crippen molar-refractivity contribution >= 4 is 21.8 Å². The summed E-state index contributed by atoms with van der Waals surface area (Å²) in [5, 5.41) is 12.4. The summed E-state index contributed by atoms with van der Waals surface area (Å²) in [5.41, 5.74) is 6.28. The first-order chi connectivity index (χ1) is 12.2. The van der Waals surface area contributed by atoms with Gasteiger partial charge in [0.1, 0.15) is 5.75 Å². The summed E-state index contributed by atoms with van der Waals surface area (Å²) in [6.07, 6.45) is 3.26. The maximum atomic E-state index is 10.9. The third kappa shape index (κ3) is 4.49. The number of hydrogen-bond acceptors (Lipinski definition) is 1. The monoisotopic (exact) mass is 388 g/mol. The first-order valence-electron chi connectivity index (χ1n) is 9.56. The van der Waals surface area contributed by atoms with Gasteiger partial charge >= 0.3 is 0 Å². The van der Waals surface area contributed by atoms with E-state index in [1.54, 1.807) is 0 Å². The van der Waals surface area contributed by atoms with Gasteiger partial charge in [-0.2, -0.15) is 0 Å². The van der Waals surface area contributed by atoms with Crippen molar-refractivity contribution in [3.63, 3.8) is 0 Å². The molecule has 0 aliphatic rings. The molecule has 0 saturated heterocycles. The molecule has 0 bridgehead atoms. The molecule has 0 radical (unpaired) electrons. The van der Waals surface area contributed by atoms with Crippen molar-refractivity contribution in [2.24, 2.45) is 0 Å². The van der Waals surface area contributed by atoms with Crippen LogP contribution >= 0.6 is 16.5 Å². The van der Waals surface area contributed by atoms with Gasteiger partial charge in [-0.3, -0.25) is 0 Å². The van der Waals surface area contributed by atoms with Gasteiger partial charge in [-0.25, -0.2) is 0 Å².